The van der Waals surface area contributed by atoms with Gasteiger partial charge in [0, 0.05) is 18.4 Å². The summed E-state index contributed by atoms with van der Waals surface area (Å²) in [5.74, 6) is -1.01. The van der Waals surface area contributed by atoms with E-state index in [0.717, 1.165) is 24.4 Å². The van der Waals surface area contributed by atoms with Gasteiger partial charge in [-0.05, 0) is 11.0 Å². The van der Waals surface area contributed by atoms with Gasteiger partial charge in [0.15, 0.2) is 17.2 Å². The van der Waals surface area contributed by atoms with Crippen LogP contribution >= 0.6 is 0 Å². The van der Waals surface area contributed by atoms with Crippen molar-refractivity contribution in [3.05, 3.63) is 66.4 Å². The van der Waals surface area contributed by atoms with Crippen LogP contribution in [0.2, 0.25) is 0 Å². The van der Waals surface area contributed by atoms with E-state index in [9.17, 15) is 29.8 Å². The number of aromatic nitrogens is 2. The fourth-order valence-electron chi connectivity index (χ4n) is 2.77. The Hall–Kier alpha value is -4.29. The van der Waals surface area contributed by atoms with Crippen LogP contribution in [0.3, 0.4) is 0 Å². The molecule has 0 saturated carbocycles. The van der Waals surface area contributed by atoms with Gasteiger partial charge in [0.2, 0.25) is 0 Å². The second-order valence-corrected chi connectivity index (χ2v) is 5.98. The third kappa shape index (κ3) is 3.80. The van der Waals surface area contributed by atoms with Gasteiger partial charge in [-0.2, -0.15) is 0 Å². The zero-order valence-corrected chi connectivity index (χ0v) is 15.7. The van der Waals surface area contributed by atoms with Crippen molar-refractivity contribution < 1.29 is 28.5 Å². The maximum Gasteiger partial charge on any atom is 0.351 e. The number of ether oxygens (including phenoxy) is 2. The Balaban J connectivity index is 1.85. The van der Waals surface area contributed by atoms with Crippen LogP contribution in [0, 0.1) is 27.2 Å². The first-order valence-corrected chi connectivity index (χ1v) is 8.37. The number of nitrogens with zero attached hydrogens (tertiary/aromatic N) is 4. The molecule has 0 aliphatic rings. The molecule has 0 saturated heterocycles. The number of esters is 1. The second kappa shape index (κ2) is 7.98. The molecule has 3 aromatic rings. The van der Waals surface area contributed by atoms with Gasteiger partial charge < -0.3 is 24.0 Å². The number of non-ortho nitro benzene ring substituents is 1. The van der Waals surface area contributed by atoms with E-state index >= 15 is 0 Å². The maximum atomic E-state index is 12.3. The Morgan fingerprint density at radius 2 is 1.97 bits per heavy atom. The van der Waals surface area contributed by atoms with Crippen LogP contribution in [0.5, 0.6) is 5.75 Å². The van der Waals surface area contributed by atoms with E-state index in [1.54, 1.807) is 6.92 Å². The third-order valence-electron chi connectivity index (χ3n) is 4.20. The van der Waals surface area contributed by atoms with Gasteiger partial charge in [-0.15, -0.1) is 0 Å². The van der Waals surface area contributed by atoms with Crippen LogP contribution in [0.4, 0.5) is 11.5 Å². The van der Waals surface area contributed by atoms with E-state index < -0.39 is 27.0 Å². The topological polar surface area (TPSA) is 170 Å². The fraction of sp³-hybridized carbons (Fsp3) is 0.235. The first-order chi connectivity index (χ1) is 14.2. The molecular formula is C17H14N4O9. The molecule has 0 atom stereocenters. The lowest BCUT2D eigenvalue weighted by Crippen LogP contribution is -2.19. The van der Waals surface area contributed by atoms with E-state index in [4.69, 9.17) is 13.9 Å². The Morgan fingerprint density at radius 3 is 2.60 bits per heavy atom. The highest BCUT2D eigenvalue weighted by molar-refractivity contribution is 5.94. The Labute approximate surface area is 166 Å². The normalized spacial score (nSPS) is 10.7. The van der Waals surface area contributed by atoms with Crippen LogP contribution in [0.25, 0.3) is 11.0 Å². The number of aryl methyl sites for hydroxylation is 1. The maximum absolute atomic E-state index is 12.3. The molecule has 0 bridgehead atoms. The molecule has 0 radical (unpaired) electrons. The van der Waals surface area contributed by atoms with Gasteiger partial charge in [-0.1, -0.05) is 0 Å². The largest absolute Gasteiger partial charge is 0.493 e. The van der Waals surface area contributed by atoms with E-state index in [2.05, 4.69) is 4.98 Å². The summed E-state index contributed by atoms with van der Waals surface area (Å²) in [5, 5.41) is 22.1. The summed E-state index contributed by atoms with van der Waals surface area (Å²) < 4.78 is 16.3. The molecule has 0 aliphatic heterocycles. The van der Waals surface area contributed by atoms with E-state index in [-0.39, 0.29) is 41.4 Å². The third-order valence-corrected chi connectivity index (χ3v) is 4.20. The predicted molar refractivity (Wildman–Crippen MR) is 99.6 cm³/mol. The van der Waals surface area contributed by atoms with Crippen LogP contribution in [-0.4, -0.2) is 39.1 Å². The molecule has 0 fully saturated rings. The summed E-state index contributed by atoms with van der Waals surface area (Å²) in [7, 11) is 1.25. The molecule has 2 aromatic heterocycles. The number of fused-ring (bicyclic) bond motifs is 1. The van der Waals surface area contributed by atoms with Crippen molar-refractivity contribution in [2.24, 2.45) is 0 Å². The van der Waals surface area contributed by atoms with Crippen LogP contribution in [-0.2, 0) is 11.3 Å². The Morgan fingerprint density at radius 1 is 1.23 bits per heavy atom. The lowest BCUT2D eigenvalue weighted by molar-refractivity contribution is -0.392. The molecule has 0 aliphatic carbocycles. The molecule has 13 nitrogen and oxygen atoms in total. The first kappa shape index (κ1) is 20.4. The summed E-state index contributed by atoms with van der Waals surface area (Å²) in [5.41, 5.74) is -1.89. The van der Waals surface area contributed by atoms with Crippen molar-refractivity contribution in [2.75, 3.05) is 13.7 Å². The average molecular weight is 418 g/mol. The number of carbonyl (C=O) groups excluding carboxylic acids is 1. The van der Waals surface area contributed by atoms with Crippen molar-refractivity contribution in [2.45, 2.75) is 13.5 Å². The van der Waals surface area contributed by atoms with Crippen molar-refractivity contribution in [1.29, 1.82) is 0 Å². The number of benzene rings is 1. The van der Waals surface area contributed by atoms with Crippen molar-refractivity contribution in [3.8, 4) is 5.75 Å². The number of carbonyl (C=O) groups is 1. The first-order valence-electron chi connectivity index (χ1n) is 8.37. The molecule has 0 amide bonds. The average Bonchev–Trinajstić information content (AvgIpc) is 3.07. The summed E-state index contributed by atoms with van der Waals surface area (Å²) in [6, 6.07) is 3.31. The molecule has 30 heavy (non-hydrogen) atoms. The lowest BCUT2D eigenvalue weighted by atomic mass is 10.1. The number of nitro benzene ring substituents is 1. The summed E-state index contributed by atoms with van der Waals surface area (Å²) in [4.78, 5) is 49.1. The minimum atomic E-state index is -1.04. The van der Waals surface area contributed by atoms with E-state index in [1.807, 2.05) is 0 Å². The molecule has 0 N–H and O–H groups in total. The van der Waals surface area contributed by atoms with E-state index in [0.29, 0.717) is 5.82 Å². The summed E-state index contributed by atoms with van der Waals surface area (Å²) in [6.07, 6.45) is 1.08. The number of rotatable bonds is 7. The monoisotopic (exact) mass is 418 g/mol. The minimum absolute atomic E-state index is 0.0425. The van der Waals surface area contributed by atoms with Gasteiger partial charge >= 0.3 is 17.4 Å². The highest BCUT2D eigenvalue weighted by atomic mass is 16.6. The van der Waals surface area contributed by atoms with Crippen LogP contribution < -0.4 is 10.4 Å². The highest BCUT2D eigenvalue weighted by Gasteiger charge is 2.22. The van der Waals surface area contributed by atoms with E-state index in [1.165, 1.54) is 11.7 Å². The molecule has 1 aromatic carbocycles. The van der Waals surface area contributed by atoms with Gasteiger partial charge in [0.05, 0.1) is 18.1 Å². The Kier molecular flexibility index (Phi) is 5.44. The van der Waals surface area contributed by atoms with Gasteiger partial charge in [-0.3, -0.25) is 10.1 Å². The molecule has 0 unspecified atom stereocenters. The number of hydrogen-bond acceptors (Lipinski definition) is 10. The lowest BCUT2D eigenvalue weighted by Gasteiger charge is -2.07. The molecule has 2 heterocycles. The van der Waals surface area contributed by atoms with Crippen molar-refractivity contribution in [1.82, 2.24) is 9.55 Å². The predicted octanol–water partition coefficient (Wildman–Crippen LogP) is 1.98. The number of imidazole rings is 1. The number of methoxy groups -OCH3 is 1. The zero-order valence-electron chi connectivity index (χ0n) is 15.7. The fourth-order valence-corrected chi connectivity index (χ4v) is 2.77. The van der Waals surface area contributed by atoms with Gasteiger partial charge in [0.25, 0.3) is 5.69 Å². The number of hydrogen-bond donors (Lipinski definition) is 0. The molecule has 0 spiro atoms. The summed E-state index contributed by atoms with van der Waals surface area (Å²) in [6.45, 7) is 1.20. The standard InChI is InChI=1S/C17H14N4O9/c1-9-18-8-14(21(26)27)19(9)3-4-29-16(22)12-6-10-5-11(20(24)25)7-13(28-2)15(10)30-17(12)23/h5-8H,3-4H2,1-2H3. The van der Waals surface area contributed by atoms with Crippen LogP contribution in [0.15, 0.2) is 33.6 Å². The smallest absolute Gasteiger partial charge is 0.351 e. The minimum Gasteiger partial charge on any atom is -0.493 e. The van der Waals surface area contributed by atoms with Crippen molar-refractivity contribution >= 4 is 28.4 Å². The highest BCUT2D eigenvalue weighted by Crippen LogP contribution is 2.30. The van der Waals surface area contributed by atoms with Crippen LogP contribution in [0.1, 0.15) is 16.2 Å². The molecule has 156 valence electrons. The summed E-state index contributed by atoms with van der Waals surface area (Å²) >= 11 is 0. The molecule has 3 rings (SSSR count). The van der Waals surface area contributed by atoms with Gasteiger partial charge in [-0.25, -0.2) is 19.1 Å². The van der Waals surface area contributed by atoms with Crippen molar-refractivity contribution in [3.63, 3.8) is 0 Å². The zero-order chi connectivity index (χ0) is 22.0. The SMILES string of the molecule is COc1cc([N+](=O)[O-])cc2cc(C(=O)OCCn3c([N+](=O)[O-])cnc3C)c(=O)oc12. The molecular weight excluding hydrogens is 404 g/mol. The Bertz CT molecular complexity index is 1230. The number of nitro groups is 2. The molecule has 13 heteroatoms. The quantitative estimate of drug-likeness (QED) is 0.239. The second-order valence-electron chi connectivity index (χ2n) is 5.98. The van der Waals surface area contributed by atoms with Gasteiger partial charge in [0.1, 0.15) is 24.9 Å².